The minimum absolute atomic E-state index is 0.00649. The average molecular weight is 426 g/mol. The van der Waals surface area contributed by atoms with E-state index in [1.807, 2.05) is 6.92 Å². The third-order valence-corrected chi connectivity index (χ3v) is 5.36. The number of hydrogen-bond acceptors (Lipinski definition) is 4. The number of amides is 1. The van der Waals surface area contributed by atoms with E-state index in [2.05, 4.69) is 5.10 Å². The zero-order valence-electron chi connectivity index (χ0n) is 17.0. The minimum Gasteiger partial charge on any atom is -0.383 e. The van der Waals surface area contributed by atoms with E-state index in [1.54, 1.807) is 16.6 Å². The number of benzene rings is 1. The van der Waals surface area contributed by atoms with Gasteiger partial charge in [-0.2, -0.15) is 18.3 Å². The van der Waals surface area contributed by atoms with Crippen LogP contribution in [-0.2, 0) is 24.0 Å². The van der Waals surface area contributed by atoms with E-state index in [4.69, 9.17) is 4.74 Å². The summed E-state index contributed by atoms with van der Waals surface area (Å²) in [6.07, 6.45) is -3.31. The molecule has 30 heavy (non-hydrogen) atoms. The van der Waals surface area contributed by atoms with Gasteiger partial charge in [0.05, 0.1) is 18.7 Å². The van der Waals surface area contributed by atoms with Crippen LogP contribution in [0.25, 0.3) is 0 Å². The maximum absolute atomic E-state index is 12.9. The Labute approximate surface area is 172 Å². The van der Waals surface area contributed by atoms with E-state index in [-0.39, 0.29) is 17.2 Å². The van der Waals surface area contributed by atoms with Crippen LogP contribution in [0.2, 0.25) is 0 Å². The van der Waals surface area contributed by atoms with E-state index in [0.717, 1.165) is 12.1 Å². The number of carbonyl (C=O) groups excluding carboxylic acids is 1. The molecule has 1 saturated heterocycles. The summed E-state index contributed by atoms with van der Waals surface area (Å²) in [4.78, 5) is 26.7. The first-order chi connectivity index (χ1) is 14.3. The molecular weight excluding hydrogens is 401 g/mol. The van der Waals surface area contributed by atoms with Gasteiger partial charge in [0, 0.05) is 38.2 Å². The van der Waals surface area contributed by atoms with E-state index >= 15 is 0 Å². The molecule has 3 rings (SSSR count). The SMILES string of the molecule is CCn1c(C2CCN(C(=O)c3cccc(C(F)(F)F)c3)CC2)nn(CCOC)c1=O. The van der Waals surface area contributed by atoms with Crippen molar-refractivity contribution in [3.8, 4) is 0 Å². The number of nitrogens with zero attached hydrogens (tertiary/aromatic N) is 4. The Hall–Kier alpha value is -2.62. The van der Waals surface area contributed by atoms with Crippen molar-refractivity contribution in [2.24, 2.45) is 0 Å². The Morgan fingerprint density at radius 2 is 1.97 bits per heavy atom. The van der Waals surface area contributed by atoms with Crippen LogP contribution in [0, 0.1) is 0 Å². The second-order valence-corrected chi connectivity index (χ2v) is 7.25. The number of ether oxygens (including phenoxy) is 1. The fourth-order valence-electron chi connectivity index (χ4n) is 3.73. The Morgan fingerprint density at radius 1 is 1.27 bits per heavy atom. The maximum atomic E-state index is 12.9. The topological polar surface area (TPSA) is 69.4 Å². The van der Waals surface area contributed by atoms with Gasteiger partial charge in [0.15, 0.2) is 0 Å². The summed E-state index contributed by atoms with van der Waals surface area (Å²) < 4.78 is 46.8. The largest absolute Gasteiger partial charge is 0.416 e. The second kappa shape index (κ2) is 9.03. The number of likely N-dealkylation sites (tertiary alicyclic amines) is 1. The Kier molecular flexibility index (Phi) is 6.64. The van der Waals surface area contributed by atoms with Crippen molar-refractivity contribution in [2.45, 2.75) is 44.9 Å². The highest BCUT2D eigenvalue weighted by atomic mass is 19.4. The zero-order chi connectivity index (χ0) is 21.9. The number of halogens is 3. The highest BCUT2D eigenvalue weighted by Crippen LogP contribution is 2.31. The summed E-state index contributed by atoms with van der Waals surface area (Å²) in [5.41, 5.74) is -0.999. The number of methoxy groups -OCH3 is 1. The molecule has 7 nitrogen and oxygen atoms in total. The fourth-order valence-corrected chi connectivity index (χ4v) is 3.73. The van der Waals surface area contributed by atoms with Gasteiger partial charge in [0.2, 0.25) is 0 Å². The van der Waals surface area contributed by atoms with Gasteiger partial charge in [0.1, 0.15) is 5.82 Å². The van der Waals surface area contributed by atoms with Crippen LogP contribution in [0.15, 0.2) is 29.1 Å². The van der Waals surface area contributed by atoms with Crippen LogP contribution in [0.1, 0.15) is 47.4 Å². The summed E-state index contributed by atoms with van der Waals surface area (Å²) in [7, 11) is 1.56. The van der Waals surface area contributed by atoms with Crippen LogP contribution >= 0.6 is 0 Å². The van der Waals surface area contributed by atoms with Gasteiger partial charge in [-0.3, -0.25) is 9.36 Å². The van der Waals surface area contributed by atoms with Crippen molar-refractivity contribution >= 4 is 5.91 Å². The third-order valence-electron chi connectivity index (χ3n) is 5.36. The lowest BCUT2D eigenvalue weighted by atomic mass is 9.95. The molecule has 1 aliphatic heterocycles. The molecule has 10 heteroatoms. The minimum atomic E-state index is -4.49. The lowest BCUT2D eigenvalue weighted by Gasteiger charge is -2.31. The van der Waals surface area contributed by atoms with E-state index in [0.29, 0.717) is 51.5 Å². The molecule has 1 aromatic heterocycles. The summed E-state index contributed by atoms with van der Waals surface area (Å²) in [6.45, 7) is 3.89. The molecule has 0 unspecified atom stereocenters. The summed E-state index contributed by atoms with van der Waals surface area (Å²) in [5, 5.41) is 4.47. The molecule has 1 aliphatic rings. The lowest BCUT2D eigenvalue weighted by Crippen LogP contribution is -2.38. The Balaban J connectivity index is 1.71. The van der Waals surface area contributed by atoms with Crippen LogP contribution < -0.4 is 5.69 Å². The van der Waals surface area contributed by atoms with Crippen molar-refractivity contribution in [2.75, 3.05) is 26.8 Å². The summed E-state index contributed by atoms with van der Waals surface area (Å²) in [6, 6.07) is 4.48. The summed E-state index contributed by atoms with van der Waals surface area (Å²) >= 11 is 0. The van der Waals surface area contributed by atoms with Crippen molar-refractivity contribution < 1.29 is 22.7 Å². The molecular formula is C20H25F3N4O3. The molecule has 1 aromatic carbocycles. The number of rotatable bonds is 6. The highest BCUT2D eigenvalue weighted by Gasteiger charge is 2.32. The normalized spacial score (nSPS) is 15.6. The fraction of sp³-hybridized carbons (Fsp3) is 0.550. The van der Waals surface area contributed by atoms with Crippen molar-refractivity contribution in [3.05, 3.63) is 51.7 Å². The third kappa shape index (κ3) is 4.58. The molecule has 0 aliphatic carbocycles. The predicted octanol–water partition coefficient (Wildman–Crippen LogP) is 2.75. The van der Waals surface area contributed by atoms with Crippen LogP contribution in [0.5, 0.6) is 0 Å². The quantitative estimate of drug-likeness (QED) is 0.712. The Morgan fingerprint density at radius 3 is 2.57 bits per heavy atom. The van der Waals surface area contributed by atoms with Crippen LogP contribution in [0.3, 0.4) is 0 Å². The van der Waals surface area contributed by atoms with Gasteiger partial charge in [-0.15, -0.1) is 0 Å². The smallest absolute Gasteiger partial charge is 0.383 e. The predicted molar refractivity (Wildman–Crippen MR) is 103 cm³/mol. The molecule has 2 aromatic rings. The number of alkyl halides is 3. The van der Waals surface area contributed by atoms with Gasteiger partial charge in [-0.25, -0.2) is 9.48 Å². The van der Waals surface area contributed by atoms with Crippen LogP contribution in [-0.4, -0.2) is 52.0 Å². The molecule has 0 spiro atoms. The summed E-state index contributed by atoms with van der Waals surface area (Å²) in [5.74, 6) is 0.273. The molecule has 1 fully saturated rings. The molecule has 0 bridgehead atoms. The van der Waals surface area contributed by atoms with Gasteiger partial charge in [-0.1, -0.05) is 6.07 Å². The first-order valence-electron chi connectivity index (χ1n) is 9.89. The Bertz CT molecular complexity index is 944. The van der Waals surface area contributed by atoms with Crippen molar-refractivity contribution in [3.63, 3.8) is 0 Å². The van der Waals surface area contributed by atoms with E-state index in [9.17, 15) is 22.8 Å². The first-order valence-corrected chi connectivity index (χ1v) is 9.89. The van der Waals surface area contributed by atoms with Gasteiger partial charge in [-0.05, 0) is 38.0 Å². The maximum Gasteiger partial charge on any atom is 0.416 e. The molecule has 0 saturated carbocycles. The van der Waals surface area contributed by atoms with Crippen molar-refractivity contribution in [1.29, 1.82) is 0 Å². The average Bonchev–Trinajstić information content (AvgIpc) is 3.06. The molecule has 0 N–H and O–H groups in total. The standard InChI is InChI=1S/C20H25F3N4O3/c1-3-26-17(24-27(19(26)29)11-12-30-2)14-7-9-25(10-8-14)18(28)15-5-4-6-16(13-15)20(21,22)23/h4-6,13-14H,3,7-12H2,1-2H3. The van der Waals surface area contributed by atoms with E-state index in [1.165, 1.54) is 16.8 Å². The lowest BCUT2D eigenvalue weighted by molar-refractivity contribution is -0.137. The first kappa shape index (κ1) is 22.1. The number of aromatic nitrogens is 3. The van der Waals surface area contributed by atoms with Crippen molar-refractivity contribution in [1.82, 2.24) is 19.2 Å². The molecule has 0 atom stereocenters. The number of hydrogen-bond donors (Lipinski definition) is 0. The zero-order valence-corrected chi connectivity index (χ0v) is 17.0. The number of piperidine rings is 1. The highest BCUT2D eigenvalue weighted by molar-refractivity contribution is 5.94. The molecule has 164 valence electrons. The monoisotopic (exact) mass is 426 g/mol. The van der Waals surface area contributed by atoms with Gasteiger partial charge in [0.25, 0.3) is 5.91 Å². The van der Waals surface area contributed by atoms with E-state index < -0.39 is 17.6 Å². The number of carbonyl (C=O) groups is 1. The molecule has 0 radical (unpaired) electrons. The second-order valence-electron chi connectivity index (χ2n) is 7.25. The van der Waals surface area contributed by atoms with Gasteiger partial charge < -0.3 is 9.64 Å². The van der Waals surface area contributed by atoms with Crippen LogP contribution in [0.4, 0.5) is 13.2 Å². The molecule has 1 amide bonds. The van der Waals surface area contributed by atoms with Gasteiger partial charge >= 0.3 is 11.9 Å². The molecule has 2 heterocycles.